The summed E-state index contributed by atoms with van der Waals surface area (Å²) in [5.41, 5.74) is -21.2. The molecule has 77 heavy (non-hydrogen) atoms. The molecular weight excluding hydrogens is 1050 g/mol. The number of nitrogens with zero attached hydrogens (tertiary/aromatic N) is 2. The number of rotatable bonds is 13. The molecule has 4 unspecified atom stereocenters. The lowest BCUT2D eigenvalue weighted by Gasteiger charge is -2.49. The molecule has 0 heterocycles. The van der Waals surface area contributed by atoms with Crippen LogP contribution in [0.15, 0.2) is 43.0 Å². The fourth-order valence-electron chi connectivity index (χ4n) is 15.1. The van der Waals surface area contributed by atoms with E-state index in [1.165, 1.54) is 19.1 Å². The minimum atomic E-state index is -5.81. The summed E-state index contributed by atoms with van der Waals surface area (Å²) in [6, 6.07) is 0. The molecule has 8 aliphatic rings. The predicted molar refractivity (Wildman–Crippen MR) is 252 cm³/mol. The number of hydrogen-bond donors (Lipinski definition) is 0. The first kappa shape index (κ1) is 54.5. The van der Waals surface area contributed by atoms with Crippen LogP contribution >= 0.6 is 0 Å². The largest absolute Gasteiger partial charge is 0.422 e. The van der Waals surface area contributed by atoms with Crippen molar-refractivity contribution < 1.29 is 79.0 Å². The lowest BCUT2D eigenvalue weighted by Crippen LogP contribution is -2.50. The molecule has 0 aromatic heterocycles. The predicted octanol–water partition coefficient (Wildman–Crippen LogP) is 18.1. The summed E-state index contributed by atoms with van der Waals surface area (Å²) in [5.74, 6) is -28.6. The second kappa shape index (κ2) is 18.9. The molecule has 0 amide bonds. The minimum absolute atomic E-state index is 0.00362. The Morgan fingerprint density at radius 3 is 1.42 bits per heavy atom. The molecule has 0 radical (unpaired) electrons. The van der Waals surface area contributed by atoms with Gasteiger partial charge in [0.2, 0.25) is 0 Å². The van der Waals surface area contributed by atoms with Crippen LogP contribution in [0.5, 0.6) is 0 Å². The molecule has 0 saturated heterocycles. The Kier molecular flexibility index (Phi) is 13.4. The van der Waals surface area contributed by atoms with E-state index < -0.39 is 173 Å². The zero-order valence-corrected chi connectivity index (χ0v) is 41.4. The SMILES string of the molecule is C=C/C=C/Cc1c(F)c(-c2c(F)c(F)c(N(c3c(C)c(F)c(C(F)(F)F)c(F)c3F)C34CC5CC(C3)C(C5)C4)c(/C=C/C=C/C)c2F)c(F)c(F)c1N(c1c(C)c(F)c(CC(F)(F)F)c(F)c1F)C12CC3CC(C1)C(C3)C2. The van der Waals surface area contributed by atoms with Crippen LogP contribution in [0.4, 0.5) is 102 Å². The van der Waals surface area contributed by atoms with Crippen LogP contribution in [0.1, 0.15) is 105 Å². The maximum atomic E-state index is 18.1. The van der Waals surface area contributed by atoms with Gasteiger partial charge in [0, 0.05) is 38.9 Å². The molecular formula is C57H48F18N2. The highest BCUT2D eigenvalue weighted by atomic mass is 19.4. The second-order valence-electron chi connectivity index (χ2n) is 22.0. The molecule has 0 aliphatic heterocycles. The van der Waals surface area contributed by atoms with Crippen molar-refractivity contribution in [2.24, 2.45) is 35.5 Å². The number of allylic oxidation sites excluding steroid dienone is 6. The van der Waals surface area contributed by atoms with Crippen molar-refractivity contribution >= 4 is 28.8 Å². The topological polar surface area (TPSA) is 6.48 Å². The van der Waals surface area contributed by atoms with Crippen LogP contribution in [-0.4, -0.2) is 17.3 Å². The van der Waals surface area contributed by atoms with E-state index in [9.17, 15) is 26.3 Å². The van der Waals surface area contributed by atoms with Crippen molar-refractivity contribution in [1.82, 2.24) is 0 Å². The molecule has 0 spiro atoms. The molecule has 8 aliphatic carbocycles. The molecule has 8 bridgehead atoms. The van der Waals surface area contributed by atoms with Gasteiger partial charge in [-0.1, -0.05) is 43.0 Å². The van der Waals surface area contributed by atoms with Gasteiger partial charge in [-0.15, -0.1) is 0 Å². The van der Waals surface area contributed by atoms with Gasteiger partial charge in [0.15, 0.2) is 46.5 Å². The number of benzene rings is 4. The molecule has 20 heteroatoms. The average Bonchev–Trinajstić information content (AvgIpc) is 3.99. The van der Waals surface area contributed by atoms with Gasteiger partial charge in [0.25, 0.3) is 0 Å². The van der Waals surface area contributed by atoms with Gasteiger partial charge in [-0.25, -0.2) is 52.7 Å². The number of hydrogen-bond acceptors (Lipinski definition) is 2. The third-order valence-electron chi connectivity index (χ3n) is 17.6. The van der Waals surface area contributed by atoms with Crippen molar-refractivity contribution in [3.63, 3.8) is 0 Å². The van der Waals surface area contributed by atoms with E-state index in [-0.39, 0.29) is 74.0 Å². The first-order chi connectivity index (χ1) is 36.1. The van der Waals surface area contributed by atoms with Crippen LogP contribution in [-0.2, 0) is 19.0 Å². The highest BCUT2D eigenvalue weighted by Gasteiger charge is 2.62. The monoisotopic (exact) mass is 1100 g/mol. The quantitative estimate of drug-likeness (QED) is 0.0748. The first-order valence-electron chi connectivity index (χ1n) is 25.2. The summed E-state index contributed by atoms with van der Waals surface area (Å²) in [4.78, 5) is 1.21. The van der Waals surface area contributed by atoms with Gasteiger partial charge in [-0.3, -0.25) is 0 Å². The molecule has 8 fully saturated rings. The van der Waals surface area contributed by atoms with Gasteiger partial charge in [0.1, 0.15) is 28.8 Å². The van der Waals surface area contributed by atoms with E-state index in [0.29, 0.717) is 42.4 Å². The van der Waals surface area contributed by atoms with E-state index in [2.05, 4.69) is 6.58 Å². The smallest absolute Gasteiger partial charge is 0.330 e. The summed E-state index contributed by atoms with van der Waals surface area (Å²) in [7, 11) is 0. The third-order valence-corrected chi connectivity index (χ3v) is 17.6. The summed E-state index contributed by atoms with van der Waals surface area (Å²) < 4.78 is 288. The third kappa shape index (κ3) is 8.39. The lowest BCUT2D eigenvalue weighted by molar-refractivity contribution is -0.142. The molecule has 412 valence electrons. The Morgan fingerprint density at radius 1 is 0.494 bits per heavy atom. The summed E-state index contributed by atoms with van der Waals surface area (Å²) >= 11 is 0. The standard InChI is InChI=1S/C57H48F18N2/c1-5-7-9-11-32-40(60)35(43(63)47(67)52(32)76(54-17-26-13-28(19-54)29(14-26)20-54)50-24(3)38(58)34(23-56(70,71)72)42(62)46(50)66)36-41(61)33(12-10-8-6-2)53(48(68)44(36)64)77(55-18-27-15-30(21-55)31(16-27)22-55)51-25(4)39(59)37(57(73,74)75)45(65)49(51)69/h5-10,12,26-31H,1,11,13-23H2,2-4H3/b8-6+,9-7+,12-10+. The van der Waals surface area contributed by atoms with Gasteiger partial charge in [-0.05, 0) is 133 Å². The maximum absolute atomic E-state index is 18.1. The Hall–Kier alpha value is -5.82. The van der Waals surface area contributed by atoms with Crippen LogP contribution in [0.3, 0.4) is 0 Å². The molecule has 4 aromatic rings. The normalized spacial score (nSPS) is 26.4. The summed E-state index contributed by atoms with van der Waals surface area (Å²) in [6.45, 7) is 6.36. The van der Waals surface area contributed by atoms with Gasteiger partial charge >= 0.3 is 12.4 Å². The Bertz CT molecular complexity index is 3140. The highest BCUT2D eigenvalue weighted by molar-refractivity contribution is 5.86. The molecule has 4 aromatic carbocycles. The molecule has 12 rings (SSSR count). The lowest BCUT2D eigenvalue weighted by atomic mass is 9.73. The van der Waals surface area contributed by atoms with Crippen LogP contribution in [0.25, 0.3) is 17.2 Å². The zero-order chi connectivity index (χ0) is 55.9. The van der Waals surface area contributed by atoms with Crippen molar-refractivity contribution in [1.29, 1.82) is 0 Å². The number of halogens is 18. The van der Waals surface area contributed by atoms with Crippen LogP contribution in [0.2, 0.25) is 0 Å². The fourth-order valence-corrected chi connectivity index (χ4v) is 15.1. The van der Waals surface area contributed by atoms with E-state index in [4.69, 9.17) is 0 Å². The maximum Gasteiger partial charge on any atom is 0.422 e. The Balaban J connectivity index is 1.27. The van der Waals surface area contributed by atoms with Crippen molar-refractivity contribution in [3.05, 3.63) is 146 Å². The Morgan fingerprint density at radius 2 is 0.948 bits per heavy atom. The summed E-state index contributed by atoms with van der Waals surface area (Å²) in [5, 5.41) is 0. The molecule has 4 atom stereocenters. The van der Waals surface area contributed by atoms with E-state index in [1.54, 1.807) is 0 Å². The van der Waals surface area contributed by atoms with Crippen molar-refractivity contribution in [3.8, 4) is 11.1 Å². The van der Waals surface area contributed by atoms with Crippen LogP contribution < -0.4 is 9.80 Å². The van der Waals surface area contributed by atoms with Gasteiger partial charge < -0.3 is 9.80 Å². The van der Waals surface area contributed by atoms with E-state index in [1.807, 2.05) is 0 Å². The molecule has 2 nitrogen and oxygen atoms in total. The number of alkyl halides is 6. The Labute approximate surface area is 430 Å². The van der Waals surface area contributed by atoms with Crippen LogP contribution in [0, 0.1) is 119 Å². The zero-order valence-electron chi connectivity index (χ0n) is 41.4. The minimum Gasteiger partial charge on any atom is -0.330 e. The van der Waals surface area contributed by atoms with Gasteiger partial charge in [0.05, 0.1) is 40.3 Å². The molecule has 8 saturated carbocycles. The first-order valence-corrected chi connectivity index (χ1v) is 25.2. The van der Waals surface area contributed by atoms with Crippen molar-refractivity contribution in [2.75, 3.05) is 9.80 Å². The second-order valence-corrected chi connectivity index (χ2v) is 22.0. The van der Waals surface area contributed by atoms with Gasteiger partial charge in [-0.2, -0.15) is 26.3 Å². The fraction of sp³-hybridized carbons (Fsp3) is 0.439. The average molecular weight is 1100 g/mol. The van der Waals surface area contributed by atoms with E-state index >= 15 is 52.7 Å². The summed E-state index contributed by atoms with van der Waals surface area (Å²) in [6.07, 6.45) is -4.30. The van der Waals surface area contributed by atoms with E-state index in [0.717, 1.165) is 37.3 Å². The van der Waals surface area contributed by atoms with Crippen molar-refractivity contribution in [2.45, 2.75) is 121 Å². The highest BCUT2D eigenvalue weighted by Crippen LogP contribution is 2.67. The molecule has 0 N–H and O–H groups in total. The number of anilines is 4.